The van der Waals surface area contributed by atoms with Crippen LogP contribution in [0.15, 0.2) is 36.4 Å². The Hall–Kier alpha value is -1.28. The number of benzene rings is 1. The third-order valence-corrected chi connectivity index (χ3v) is 3.15. The maximum Gasteiger partial charge on any atom is 0.120 e. The van der Waals surface area contributed by atoms with Gasteiger partial charge in [0.05, 0.1) is 6.10 Å². The molecule has 0 saturated heterocycles. The summed E-state index contributed by atoms with van der Waals surface area (Å²) in [5.41, 5.74) is 0.957. The monoisotopic (exact) mass is 232 g/mol. The summed E-state index contributed by atoms with van der Waals surface area (Å²) in [5.74, 6) is 0.883. The molecule has 1 aromatic rings. The average Bonchev–Trinajstić information content (AvgIpc) is 2.40. The zero-order chi connectivity index (χ0) is 12.1. The lowest BCUT2D eigenvalue weighted by Crippen LogP contribution is -2.15. The first-order chi connectivity index (χ1) is 8.29. The molecule has 17 heavy (non-hydrogen) atoms. The van der Waals surface area contributed by atoms with E-state index in [4.69, 9.17) is 4.74 Å². The van der Waals surface area contributed by atoms with E-state index in [1.54, 1.807) is 0 Å². The topological polar surface area (TPSA) is 29.5 Å². The lowest BCUT2D eigenvalue weighted by atomic mass is 10.1. The second kappa shape index (κ2) is 5.87. The molecule has 0 radical (unpaired) electrons. The van der Waals surface area contributed by atoms with E-state index in [0.717, 1.165) is 24.2 Å². The van der Waals surface area contributed by atoms with Gasteiger partial charge in [-0.25, -0.2) is 0 Å². The first-order valence-electron chi connectivity index (χ1n) is 6.41. The van der Waals surface area contributed by atoms with Gasteiger partial charge in [0.2, 0.25) is 0 Å². The third-order valence-electron chi connectivity index (χ3n) is 3.15. The van der Waals surface area contributed by atoms with Crippen LogP contribution in [-0.2, 0) is 0 Å². The molecule has 1 N–H and O–H groups in total. The number of rotatable bonds is 4. The Labute approximate surface area is 103 Å². The Balaban J connectivity index is 1.97. The summed E-state index contributed by atoms with van der Waals surface area (Å²) in [6.07, 6.45) is 8.38. The van der Waals surface area contributed by atoms with Gasteiger partial charge in [-0.3, -0.25) is 0 Å². The van der Waals surface area contributed by atoms with Crippen LogP contribution in [0, 0.1) is 0 Å². The molecule has 2 rings (SSSR count). The van der Waals surface area contributed by atoms with Crippen molar-refractivity contribution < 1.29 is 9.84 Å². The summed E-state index contributed by atoms with van der Waals surface area (Å²) in [6.45, 7) is 1.97. The zero-order valence-electron chi connectivity index (χ0n) is 10.3. The molecule has 0 saturated carbocycles. The first-order valence-corrected chi connectivity index (χ1v) is 6.41. The normalized spacial score (nSPS) is 21.2. The van der Waals surface area contributed by atoms with E-state index in [-0.39, 0.29) is 12.2 Å². The highest BCUT2D eigenvalue weighted by atomic mass is 16.5. The molecule has 0 spiro atoms. The van der Waals surface area contributed by atoms with Crippen molar-refractivity contribution in [2.24, 2.45) is 0 Å². The molecule has 2 heteroatoms. The lowest BCUT2D eigenvalue weighted by molar-refractivity contribution is 0.173. The molecule has 1 unspecified atom stereocenters. The SMILES string of the molecule is CC[C@@H](O)c1ccc(OC2C=CCCC2)cc1. The third kappa shape index (κ3) is 3.34. The Morgan fingerprint density at radius 3 is 2.71 bits per heavy atom. The van der Waals surface area contributed by atoms with Crippen LogP contribution in [-0.4, -0.2) is 11.2 Å². The molecule has 1 aliphatic carbocycles. The number of hydrogen-bond acceptors (Lipinski definition) is 2. The van der Waals surface area contributed by atoms with Crippen molar-refractivity contribution >= 4 is 0 Å². The van der Waals surface area contributed by atoms with Crippen molar-refractivity contribution in [1.29, 1.82) is 0 Å². The van der Waals surface area contributed by atoms with Crippen molar-refractivity contribution in [3.63, 3.8) is 0 Å². The average molecular weight is 232 g/mol. The van der Waals surface area contributed by atoms with Gasteiger partial charge in [-0.05, 0) is 49.5 Å². The van der Waals surface area contributed by atoms with Gasteiger partial charge >= 0.3 is 0 Å². The predicted octanol–water partition coefficient (Wildman–Crippen LogP) is 3.62. The second-order valence-corrected chi connectivity index (χ2v) is 4.51. The summed E-state index contributed by atoms with van der Waals surface area (Å²) < 4.78 is 5.86. The Morgan fingerprint density at radius 2 is 2.12 bits per heavy atom. The van der Waals surface area contributed by atoms with Crippen LogP contribution >= 0.6 is 0 Å². The van der Waals surface area contributed by atoms with E-state index in [0.29, 0.717) is 0 Å². The molecule has 0 fully saturated rings. The quantitative estimate of drug-likeness (QED) is 0.803. The minimum atomic E-state index is -0.362. The fraction of sp³-hybridized carbons (Fsp3) is 0.467. The van der Waals surface area contributed by atoms with E-state index >= 15 is 0 Å². The minimum absolute atomic E-state index is 0.214. The van der Waals surface area contributed by atoms with Gasteiger partial charge in [0.25, 0.3) is 0 Å². The fourth-order valence-electron chi connectivity index (χ4n) is 2.06. The van der Waals surface area contributed by atoms with Crippen LogP contribution in [0.5, 0.6) is 5.75 Å². The molecule has 92 valence electrons. The number of hydrogen-bond donors (Lipinski definition) is 1. The van der Waals surface area contributed by atoms with E-state index in [2.05, 4.69) is 12.2 Å². The van der Waals surface area contributed by atoms with Crippen LogP contribution < -0.4 is 4.74 Å². The highest BCUT2D eigenvalue weighted by Gasteiger charge is 2.10. The van der Waals surface area contributed by atoms with Gasteiger partial charge in [0.1, 0.15) is 11.9 Å². The van der Waals surface area contributed by atoms with Gasteiger partial charge in [0.15, 0.2) is 0 Å². The standard InChI is InChI=1S/C15H20O2/c1-2-15(16)12-8-10-14(11-9-12)17-13-6-4-3-5-7-13/h4,6,8-11,13,15-16H,2-3,5,7H2,1H3/t13?,15-/m1/s1. The molecule has 0 aliphatic heterocycles. The van der Waals surface area contributed by atoms with Crippen molar-refractivity contribution in [2.75, 3.05) is 0 Å². The first kappa shape index (κ1) is 12.2. The Morgan fingerprint density at radius 1 is 1.35 bits per heavy atom. The van der Waals surface area contributed by atoms with Gasteiger partial charge in [-0.15, -0.1) is 0 Å². The maximum atomic E-state index is 9.69. The molecule has 1 aliphatic rings. The number of aliphatic hydroxyl groups is 1. The summed E-state index contributed by atoms with van der Waals surface area (Å²) in [4.78, 5) is 0. The van der Waals surface area contributed by atoms with Crippen molar-refractivity contribution in [3.8, 4) is 5.75 Å². The van der Waals surface area contributed by atoms with Gasteiger partial charge in [-0.1, -0.05) is 25.1 Å². The van der Waals surface area contributed by atoms with Crippen LogP contribution in [0.2, 0.25) is 0 Å². The Bertz CT molecular complexity index is 367. The molecular formula is C15H20O2. The molecule has 0 amide bonds. The van der Waals surface area contributed by atoms with E-state index in [1.165, 1.54) is 12.8 Å². The number of aliphatic hydroxyl groups excluding tert-OH is 1. The second-order valence-electron chi connectivity index (χ2n) is 4.51. The highest BCUT2D eigenvalue weighted by Crippen LogP contribution is 2.22. The molecule has 1 aromatic carbocycles. The molecular weight excluding hydrogens is 212 g/mol. The van der Waals surface area contributed by atoms with Gasteiger partial charge in [-0.2, -0.15) is 0 Å². The van der Waals surface area contributed by atoms with Crippen molar-refractivity contribution in [2.45, 2.75) is 44.8 Å². The van der Waals surface area contributed by atoms with E-state index in [9.17, 15) is 5.11 Å². The minimum Gasteiger partial charge on any atom is -0.486 e. The lowest BCUT2D eigenvalue weighted by Gasteiger charge is -2.18. The van der Waals surface area contributed by atoms with Crippen LogP contribution in [0.1, 0.15) is 44.3 Å². The largest absolute Gasteiger partial charge is 0.486 e. The van der Waals surface area contributed by atoms with Crippen LogP contribution in [0.25, 0.3) is 0 Å². The van der Waals surface area contributed by atoms with Gasteiger partial charge < -0.3 is 9.84 Å². The number of ether oxygens (including phenoxy) is 1. The fourth-order valence-corrected chi connectivity index (χ4v) is 2.06. The van der Waals surface area contributed by atoms with Crippen molar-refractivity contribution in [1.82, 2.24) is 0 Å². The maximum absolute atomic E-state index is 9.69. The molecule has 0 aromatic heterocycles. The van der Waals surface area contributed by atoms with Crippen LogP contribution in [0.3, 0.4) is 0 Å². The van der Waals surface area contributed by atoms with Crippen LogP contribution in [0.4, 0.5) is 0 Å². The predicted molar refractivity (Wildman–Crippen MR) is 69.1 cm³/mol. The molecule has 0 bridgehead atoms. The summed E-state index contributed by atoms with van der Waals surface area (Å²) >= 11 is 0. The highest BCUT2D eigenvalue weighted by molar-refractivity contribution is 5.29. The molecule has 0 heterocycles. The smallest absolute Gasteiger partial charge is 0.120 e. The summed E-state index contributed by atoms with van der Waals surface area (Å²) in [6, 6.07) is 7.76. The summed E-state index contributed by atoms with van der Waals surface area (Å²) in [7, 11) is 0. The van der Waals surface area contributed by atoms with Gasteiger partial charge in [0, 0.05) is 0 Å². The molecule has 2 atom stereocenters. The Kier molecular flexibility index (Phi) is 4.21. The zero-order valence-corrected chi connectivity index (χ0v) is 10.3. The van der Waals surface area contributed by atoms with Crippen molar-refractivity contribution in [3.05, 3.63) is 42.0 Å². The number of allylic oxidation sites excluding steroid dienone is 1. The van der Waals surface area contributed by atoms with E-state index < -0.39 is 0 Å². The van der Waals surface area contributed by atoms with E-state index in [1.807, 2.05) is 31.2 Å². The summed E-state index contributed by atoms with van der Waals surface area (Å²) in [5, 5.41) is 9.69. The molecule has 2 nitrogen and oxygen atoms in total.